The predicted octanol–water partition coefficient (Wildman–Crippen LogP) is 3.03. The molecule has 2 aromatic rings. The summed E-state index contributed by atoms with van der Waals surface area (Å²) in [7, 11) is 0. The average molecular weight is 457 g/mol. The zero-order valence-electron chi connectivity index (χ0n) is 19.0. The van der Waals surface area contributed by atoms with Crippen molar-refractivity contribution in [2.75, 3.05) is 26.4 Å². The Hall–Kier alpha value is -3.25. The molecule has 1 N–H and O–H groups in total. The molecule has 0 aliphatic carbocycles. The molecule has 1 aliphatic heterocycles. The number of aromatic nitrogens is 2. The van der Waals surface area contributed by atoms with Crippen LogP contribution in [0.2, 0.25) is 0 Å². The number of benzene rings is 1. The standard InChI is InChI=1S/C24H29FN4O4/c1-3-20-22-21(6-4-10-32-11-5-9-27-23(22)30)29(28-20)14-16(2)15-33-24(31)18-12-17(13-26)7-8-19(18)25/h7-8,12,16H,3-6,9-11,14-15H2,1-2H3,(H,27,30)/t16-/m1/s1. The van der Waals surface area contributed by atoms with E-state index in [1.807, 2.05) is 24.6 Å². The molecule has 0 bridgehead atoms. The lowest BCUT2D eigenvalue weighted by Crippen LogP contribution is -2.27. The Bertz CT molecular complexity index is 1040. The van der Waals surface area contributed by atoms with Gasteiger partial charge in [0, 0.05) is 32.2 Å². The van der Waals surface area contributed by atoms with Gasteiger partial charge in [-0.3, -0.25) is 9.48 Å². The van der Waals surface area contributed by atoms with Gasteiger partial charge >= 0.3 is 5.97 Å². The van der Waals surface area contributed by atoms with Gasteiger partial charge in [-0.1, -0.05) is 13.8 Å². The van der Waals surface area contributed by atoms with Crippen LogP contribution in [0.25, 0.3) is 0 Å². The van der Waals surface area contributed by atoms with Gasteiger partial charge in [0.25, 0.3) is 5.91 Å². The number of carbonyl (C=O) groups excluding carboxylic acids is 2. The number of esters is 1. The van der Waals surface area contributed by atoms with Crippen molar-refractivity contribution in [3.8, 4) is 6.07 Å². The maximum absolute atomic E-state index is 14.0. The van der Waals surface area contributed by atoms with Crippen molar-refractivity contribution in [1.29, 1.82) is 5.26 Å². The molecule has 8 nitrogen and oxygen atoms in total. The molecule has 2 heterocycles. The molecule has 0 fully saturated rings. The minimum absolute atomic E-state index is 0.0421. The number of rotatable bonds is 6. The first kappa shape index (κ1) is 24.4. The molecule has 1 aromatic heterocycles. The first-order valence-electron chi connectivity index (χ1n) is 11.3. The molecule has 0 spiro atoms. The summed E-state index contributed by atoms with van der Waals surface area (Å²) < 4.78 is 26.7. The molecule has 0 saturated heterocycles. The number of aryl methyl sites for hydroxylation is 1. The van der Waals surface area contributed by atoms with E-state index in [4.69, 9.17) is 14.7 Å². The van der Waals surface area contributed by atoms with Gasteiger partial charge in [0.2, 0.25) is 0 Å². The number of halogens is 1. The fraction of sp³-hybridized carbons (Fsp3) is 0.500. The van der Waals surface area contributed by atoms with Crippen LogP contribution in [-0.4, -0.2) is 48.0 Å². The summed E-state index contributed by atoms with van der Waals surface area (Å²) in [5, 5.41) is 16.6. The number of nitrogens with zero attached hydrogens (tertiary/aromatic N) is 3. The Morgan fingerprint density at radius 1 is 1.39 bits per heavy atom. The Balaban J connectivity index is 1.73. The summed E-state index contributed by atoms with van der Waals surface area (Å²) in [4.78, 5) is 25.2. The van der Waals surface area contributed by atoms with Crippen molar-refractivity contribution in [2.45, 2.75) is 46.1 Å². The van der Waals surface area contributed by atoms with Gasteiger partial charge in [-0.15, -0.1) is 0 Å². The predicted molar refractivity (Wildman–Crippen MR) is 118 cm³/mol. The molecule has 33 heavy (non-hydrogen) atoms. The van der Waals surface area contributed by atoms with Crippen molar-refractivity contribution < 1.29 is 23.5 Å². The van der Waals surface area contributed by atoms with Crippen LogP contribution in [0.15, 0.2) is 18.2 Å². The van der Waals surface area contributed by atoms with Gasteiger partial charge in [0.15, 0.2) is 0 Å². The van der Waals surface area contributed by atoms with Gasteiger partial charge < -0.3 is 14.8 Å². The van der Waals surface area contributed by atoms with Crippen LogP contribution in [0.3, 0.4) is 0 Å². The quantitative estimate of drug-likeness (QED) is 0.670. The van der Waals surface area contributed by atoms with Gasteiger partial charge in [0.1, 0.15) is 5.82 Å². The Labute approximate surface area is 192 Å². The molecule has 9 heteroatoms. The fourth-order valence-corrected chi connectivity index (χ4v) is 3.77. The smallest absolute Gasteiger partial charge is 0.341 e. The SMILES string of the molecule is CCc1nn(C[C@@H](C)COC(=O)c2cc(C#N)ccc2F)c2c1C(=O)NCCCOCCC2. The van der Waals surface area contributed by atoms with Crippen LogP contribution in [-0.2, 0) is 28.9 Å². The summed E-state index contributed by atoms with van der Waals surface area (Å²) in [6.45, 7) is 6.10. The highest BCUT2D eigenvalue weighted by molar-refractivity contribution is 5.96. The Morgan fingerprint density at radius 2 is 2.18 bits per heavy atom. The summed E-state index contributed by atoms with van der Waals surface area (Å²) in [6, 6.07) is 5.45. The number of ether oxygens (including phenoxy) is 2. The first-order chi connectivity index (χ1) is 15.9. The molecule has 0 saturated carbocycles. The van der Waals surface area contributed by atoms with Crippen LogP contribution in [0.5, 0.6) is 0 Å². The van der Waals surface area contributed by atoms with Crippen molar-refractivity contribution >= 4 is 11.9 Å². The van der Waals surface area contributed by atoms with E-state index < -0.39 is 11.8 Å². The van der Waals surface area contributed by atoms with Crippen molar-refractivity contribution in [1.82, 2.24) is 15.1 Å². The lowest BCUT2D eigenvalue weighted by atomic mass is 10.1. The largest absolute Gasteiger partial charge is 0.462 e. The number of carbonyl (C=O) groups is 2. The number of fused-ring (bicyclic) bond motifs is 1. The number of amides is 1. The molecule has 1 atom stereocenters. The number of nitrogens with one attached hydrogen (secondary N) is 1. The van der Waals surface area contributed by atoms with Crippen molar-refractivity contribution in [3.05, 3.63) is 52.1 Å². The third-order valence-corrected chi connectivity index (χ3v) is 5.44. The summed E-state index contributed by atoms with van der Waals surface area (Å²) in [6.07, 6.45) is 2.80. The molecule has 0 radical (unpaired) electrons. The zero-order valence-corrected chi connectivity index (χ0v) is 19.0. The molecule has 3 rings (SSSR count). The highest BCUT2D eigenvalue weighted by atomic mass is 19.1. The van der Waals surface area contributed by atoms with E-state index in [0.29, 0.717) is 44.7 Å². The third-order valence-electron chi connectivity index (χ3n) is 5.44. The molecule has 0 unspecified atom stereocenters. The van der Waals surface area contributed by atoms with Crippen LogP contribution in [0.1, 0.15) is 64.4 Å². The van der Waals surface area contributed by atoms with Crippen LogP contribution >= 0.6 is 0 Å². The lowest BCUT2D eigenvalue weighted by Gasteiger charge is -2.15. The van der Waals surface area contributed by atoms with Crippen LogP contribution < -0.4 is 5.32 Å². The average Bonchev–Trinajstić information content (AvgIpc) is 3.14. The van der Waals surface area contributed by atoms with Gasteiger partial charge in [-0.25, -0.2) is 9.18 Å². The minimum atomic E-state index is -0.818. The van der Waals surface area contributed by atoms with Crippen molar-refractivity contribution in [3.63, 3.8) is 0 Å². The van der Waals surface area contributed by atoms with E-state index in [9.17, 15) is 14.0 Å². The molecular weight excluding hydrogens is 427 g/mol. The second-order valence-corrected chi connectivity index (χ2v) is 8.14. The second kappa shape index (κ2) is 11.6. The fourth-order valence-electron chi connectivity index (χ4n) is 3.77. The molecule has 1 aromatic carbocycles. The number of nitriles is 1. The highest BCUT2D eigenvalue weighted by Gasteiger charge is 2.24. The second-order valence-electron chi connectivity index (χ2n) is 8.14. The van der Waals surface area contributed by atoms with Gasteiger partial charge in [0.05, 0.1) is 40.8 Å². The normalized spacial score (nSPS) is 15.5. The third kappa shape index (κ3) is 6.17. The van der Waals surface area contributed by atoms with E-state index >= 15 is 0 Å². The molecular formula is C24H29FN4O4. The number of hydrogen-bond donors (Lipinski definition) is 1. The maximum Gasteiger partial charge on any atom is 0.341 e. The van der Waals surface area contributed by atoms with E-state index in [1.165, 1.54) is 12.1 Å². The van der Waals surface area contributed by atoms with Crippen molar-refractivity contribution in [2.24, 2.45) is 5.92 Å². The van der Waals surface area contributed by atoms with E-state index in [2.05, 4.69) is 10.4 Å². The van der Waals surface area contributed by atoms with Gasteiger partial charge in [-0.05, 0) is 43.9 Å². The van der Waals surface area contributed by atoms with Crippen LogP contribution in [0, 0.1) is 23.1 Å². The molecule has 176 valence electrons. The molecule has 1 amide bonds. The molecule has 1 aliphatic rings. The maximum atomic E-state index is 14.0. The Morgan fingerprint density at radius 3 is 2.94 bits per heavy atom. The Kier molecular flexibility index (Phi) is 8.55. The highest BCUT2D eigenvalue weighted by Crippen LogP contribution is 2.20. The van der Waals surface area contributed by atoms with E-state index in [0.717, 1.165) is 30.3 Å². The lowest BCUT2D eigenvalue weighted by molar-refractivity contribution is 0.0430. The van der Waals surface area contributed by atoms with Crippen LogP contribution in [0.4, 0.5) is 4.39 Å². The summed E-state index contributed by atoms with van der Waals surface area (Å²) >= 11 is 0. The zero-order chi connectivity index (χ0) is 23.8. The summed E-state index contributed by atoms with van der Waals surface area (Å²) in [5.74, 6) is -1.81. The first-order valence-corrected chi connectivity index (χ1v) is 11.3. The van der Waals surface area contributed by atoms with Gasteiger partial charge in [-0.2, -0.15) is 10.4 Å². The number of hydrogen-bond acceptors (Lipinski definition) is 6. The monoisotopic (exact) mass is 456 g/mol. The van der Waals surface area contributed by atoms with E-state index in [-0.39, 0.29) is 29.6 Å². The minimum Gasteiger partial charge on any atom is -0.462 e. The topological polar surface area (TPSA) is 106 Å². The summed E-state index contributed by atoms with van der Waals surface area (Å²) in [5.41, 5.74) is 2.13. The van der Waals surface area contributed by atoms with E-state index in [1.54, 1.807) is 0 Å².